The molecule has 2 N–H and O–H groups in total. The van der Waals surface area contributed by atoms with Crippen molar-refractivity contribution in [2.45, 2.75) is 45.1 Å². The Morgan fingerprint density at radius 2 is 2.25 bits per heavy atom. The highest BCUT2D eigenvalue weighted by Crippen LogP contribution is 2.18. The van der Waals surface area contributed by atoms with E-state index in [4.69, 9.17) is 0 Å². The zero-order valence-corrected chi connectivity index (χ0v) is 12.2. The minimum atomic E-state index is -0.343. The number of carbonyl (C=O) groups excluding carboxylic acids is 2. The Balaban J connectivity index is 1.93. The Labute approximate surface area is 119 Å². The maximum atomic E-state index is 12.0. The van der Waals surface area contributed by atoms with Crippen molar-refractivity contribution in [2.24, 2.45) is 0 Å². The summed E-state index contributed by atoms with van der Waals surface area (Å²) in [5, 5.41) is 5.72. The fourth-order valence-electron chi connectivity index (χ4n) is 2.23. The molecule has 20 heavy (non-hydrogen) atoms. The molecule has 2 amide bonds. The van der Waals surface area contributed by atoms with Crippen molar-refractivity contribution in [3.63, 3.8) is 0 Å². The van der Waals surface area contributed by atoms with Crippen LogP contribution in [0.25, 0.3) is 0 Å². The monoisotopic (exact) mass is 275 g/mol. The number of nitrogens with zero attached hydrogens (tertiary/aromatic N) is 1. The molecule has 2 heterocycles. The largest absolute Gasteiger partial charge is 0.349 e. The third-order valence-electron chi connectivity index (χ3n) is 3.67. The molecule has 1 aliphatic heterocycles. The molecule has 0 aliphatic carbocycles. The number of aromatic nitrogens is 1. The molecular formula is C15H21N3O2. The standard InChI is InChI=1S/C15H21N3O2/c1-10(2)11-4-5-12(16-8-11)14(20)17-9-15(3)7-6-13(19)18-15/h4-5,8,10H,6-7,9H2,1-3H3,(H,17,20)(H,18,19). The normalized spacial score (nSPS) is 21.9. The first-order valence-electron chi connectivity index (χ1n) is 6.95. The Hall–Kier alpha value is -1.91. The van der Waals surface area contributed by atoms with Crippen molar-refractivity contribution < 1.29 is 9.59 Å². The lowest BCUT2D eigenvalue weighted by atomic mass is 10.0. The van der Waals surface area contributed by atoms with Crippen LogP contribution in [0.4, 0.5) is 0 Å². The molecule has 0 spiro atoms. The molecule has 1 aromatic heterocycles. The molecule has 0 radical (unpaired) electrons. The van der Waals surface area contributed by atoms with Gasteiger partial charge >= 0.3 is 0 Å². The molecule has 1 saturated heterocycles. The Morgan fingerprint density at radius 3 is 2.75 bits per heavy atom. The van der Waals surface area contributed by atoms with E-state index >= 15 is 0 Å². The average molecular weight is 275 g/mol. The van der Waals surface area contributed by atoms with E-state index in [-0.39, 0.29) is 17.4 Å². The number of carbonyl (C=O) groups is 2. The molecule has 0 aromatic carbocycles. The third-order valence-corrected chi connectivity index (χ3v) is 3.67. The van der Waals surface area contributed by atoms with Crippen LogP contribution in [0.2, 0.25) is 0 Å². The molecule has 108 valence electrons. The highest BCUT2D eigenvalue weighted by molar-refractivity contribution is 5.92. The average Bonchev–Trinajstić information content (AvgIpc) is 2.76. The predicted octanol–water partition coefficient (Wildman–Crippen LogP) is 1.60. The molecule has 5 heteroatoms. The number of rotatable bonds is 4. The van der Waals surface area contributed by atoms with Gasteiger partial charge in [-0.3, -0.25) is 14.6 Å². The number of pyridine rings is 1. The molecule has 1 aromatic rings. The van der Waals surface area contributed by atoms with Gasteiger partial charge < -0.3 is 10.6 Å². The third kappa shape index (κ3) is 3.35. The summed E-state index contributed by atoms with van der Waals surface area (Å²) in [5.74, 6) is 0.232. The van der Waals surface area contributed by atoms with Gasteiger partial charge in [0, 0.05) is 19.2 Å². The van der Waals surface area contributed by atoms with Gasteiger partial charge in [0.05, 0.1) is 5.54 Å². The van der Waals surface area contributed by atoms with Crippen LogP contribution in [0, 0.1) is 0 Å². The van der Waals surface area contributed by atoms with Crippen molar-refractivity contribution in [1.29, 1.82) is 0 Å². The summed E-state index contributed by atoms with van der Waals surface area (Å²) in [6.45, 7) is 6.53. The Morgan fingerprint density at radius 1 is 1.50 bits per heavy atom. The topological polar surface area (TPSA) is 71.1 Å². The van der Waals surface area contributed by atoms with Gasteiger partial charge in [-0.2, -0.15) is 0 Å². The second-order valence-corrected chi connectivity index (χ2v) is 5.92. The zero-order chi connectivity index (χ0) is 14.8. The second-order valence-electron chi connectivity index (χ2n) is 5.92. The zero-order valence-electron chi connectivity index (χ0n) is 12.2. The summed E-state index contributed by atoms with van der Waals surface area (Å²) in [5.41, 5.74) is 1.17. The van der Waals surface area contributed by atoms with Crippen LogP contribution < -0.4 is 10.6 Å². The summed E-state index contributed by atoms with van der Waals surface area (Å²) in [6, 6.07) is 3.66. The van der Waals surface area contributed by atoms with E-state index in [1.165, 1.54) is 0 Å². The van der Waals surface area contributed by atoms with Crippen molar-refractivity contribution in [1.82, 2.24) is 15.6 Å². The number of amides is 2. The molecule has 1 aliphatic rings. The van der Waals surface area contributed by atoms with E-state index in [0.717, 1.165) is 12.0 Å². The van der Waals surface area contributed by atoms with Crippen LogP contribution in [0.15, 0.2) is 18.3 Å². The molecule has 0 saturated carbocycles. The van der Waals surface area contributed by atoms with Gasteiger partial charge in [0.15, 0.2) is 0 Å². The smallest absolute Gasteiger partial charge is 0.269 e. The van der Waals surface area contributed by atoms with Gasteiger partial charge in [-0.1, -0.05) is 19.9 Å². The van der Waals surface area contributed by atoms with Gasteiger partial charge in [0.2, 0.25) is 5.91 Å². The maximum Gasteiger partial charge on any atom is 0.269 e. The fourth-order valence-corrected chi connectivity index (χ4v) is 2.23. The van der Waals surface area contributed by atoms with Gasteiger partial charge in [-0.15, -0.1) is 0 Å². The lowest BCUT2D eigenvalue weighted by Crippen LogP contribution is -2.48. The highest BCUT2D eigenvalue weighted by Gasteiger charge is 2.33. The van der Waals surface area contributed by atoms with Crippen molar-refractivity contribution in [2.75, 3.05) is 6.54 Å². The number of hydrogen-bond acceptors (Lipinski definition) is 3. The van der Waals surface area contributed by atoms with Crippen LogP contribution in [0.3, 0.4) is 0 Å². The Bertz CT molecular complexity index is 510. The van der Waals surface area contributed by atoms with E-state index in [2.05, 4.69) is 29.5 Å². The first kappa shape index (κ1) is 14.5. The lowest BCUT2D eigenvalue weighted by molar-refractivity contribution is -0.119. The van der Waals surface area contributed by atoms with E-state index in [9.17, 15) is 9.59 Å². The summed E-state index contributed by atoms with van der Waals surface area (Å²) in [6.07, 6.45) is 3.00. The molecule has 1 atom stereocenters. The van der Waals surface area contributed by atoms with Crippen LogP contribution in [0.5, 0.6) is 0 Å². The first-order valence-corrected chi connectivity index (χ1v) is 6.95. The van der Waals surface area contributed by atoms with E-state index < -0.39 is 0 Å². The minimum Gasteiger partial charge on any atom is -0.349 e. The van der Waals surface area contributed by atoms with Crippen molar-refractivity contribution >= 4 is 11.8 Å². The van der Waals surface area contributed by atoms with Crippen LogP contribution >= 0.6 is 0 Å². The molecule has 1 fully saturated rings. The number of hydrogen-bond donors (Lipinski definition) is 2. The molecular weight excluding hydrogens is 254 g/mol. The van der Waals surface area contributed by atoms with Crippen molar-refractivity contribution in [3.05, 3.63) is 29.6 Å². The maximum absolute atomic E-state index is 12.0. The number of nitrogens with one attached hydrogen (secondary N) is 2. The summed E-state index contributed by atoms with van der Waals surface area (Å²) >= 11 is 0. The van der Waals surface area contributed by atoms with Gasteiger partial charge in [0.25, 0.3) is 5.91 Å². The summed E-state index contributed by atoms with van der Waals surface area (Å²) in [7, 11) is 0. The van der Waals surface area contributed by atoms with Crippen LogP contribution in [-0.2, 0) is 4.79 Å². The summed E-state index contributed by atoms with van der Waals surface area (Å²) < 4.78 is 0. The summed E-state index contributed by atoms with van der Waals surface area (Å²) in [4.78, 5) is 27.4. The van der Waals surface area contributed by atoms with E-state index in [1.807, 2.05) is 13.0 Å². The predicted molar refractivity (Wildman–Crippen MR) is 76.4 cm³/mol. The van der Waals surface area contributed by atoms with E-state index in [1.54, 1.807) is 12.3 Å². The minimum absolute atomic E-state index is 0.0427. The van der Waals surface area contributed by atoms with Gasteiger partial charge in [-0.05, 0) is 30.9 Å². The Kier molecular flexibility index (Phi) is 4.06. The molecule has 1 unspecified atom stereocenters. The molecule has 2 rings (SSSR count). The van der Waals surface area contributed by atoms with Crippen molar-refractivity contribution in [3.8, 4) is 0 Å². The quantitative estimate of drug-likeness (QED) is 0.877. The first-order chi connectivity index (χ1) is 9.39. The van der Waals surface area contributed by atoms with E-state index in [0.29, 0.717) is 24.6 Å². The van der Waals surface area contributed by atoms with Crippen LogP contribution in [0.1, 0.15) is 55.6 Å². The second kappa shape index (κ2) is 5.61. The SMILES string of the molecule is CC(C)c1ccc(C(=O)NCC2(C)CCC(=O)N2)nc1. The molecule has 5 nitrogen and oxygen atoms in total. The highest BCUT2D eigenvalue weighted by atomic mass is 16.2. The van der Waals surface area contributed by atoms with Gasteiger partial charge in [-0.25, -0.2) is 0 Å². The lowest BCUT2D eigenvalue weighted by Gasteiger charge is -2.24. The molecule has 0 bridgehead atoms. The van der Waals surface area contributed by atoms with Gasteiger partial charge in [0.1, 0.15) is 5.69 Å². The van der Waals surface area contributed by atoms with Crippen LogP contribution in [-0.4, -0.2) is 28.9 Å². The fraction of sp³-hybridized carbons (Fsp3) is 0.533.